The van der Waals surface area contributed by atoms with Crippen LogP contribution >= 0.6 is 11.6 Å². The number of rotatable bonds is 4. The Kier molecular flexibility index (Phi) is 4.67. The molecule has 0 radical (unpaired) electrons. The maximum absolute atomic E-state index is 12.7. The quantitative estimate of drug-likeness (QED) is 0.791. The largest absolute Gasteiger partial charge is 0.509 e. The van der Waals surface area contributed by atoms with Gasteiger partial charge in [-0.2, -0.15) is 5.26 Å². The average molecular weight is 325 g/mol. The van der Waals surface area contributed by atoms with Crippen molar-refractivity contribution >= 4 is 24.0 Å². The van der Waals surface area contributed by atoms with Gasteiger partial charge in [-0.3, -0.25) is 0 Å². The van der Waals surface area contributed by atoms with Crippen LogP contribution in [0.3, 0.4) is 0 Å². The van der Waals surface area contributed by atoms with E-state index in [4.69, 9.17) is 21.6 Å². The number of halogens is 4. The molecule has 7 heteroatoms. The van der Waals surface area contributed by atoms with Crippen molar-refractivity contribution in [3.8, 4) is 11.8 Å². The number of hydrogen-bond donors (Lipinski definition) is 0. The Morgan fingerprint density at radius 2 is 1.91 bits per heavy atom. The van der Waals surface area contributed by atoms with Crippen LogP contribution in [0.4, 0.5) is 12.9 Å². The minimum atomic E-state index is -5.02. The Bertz CT molecular complexity index is 741. The molecule has 0 atom stereocenters. The number of nitrogens with zero attached hydrogens (tertiary/aromatic N) is 1. The SMILES string of the molecule is Cc1cc([B-](F)(F)F)ccc1OCc1ccc(C#N)cc1Cl. The van der Waals surface area contributed by atoms with Gasteiger partial charge in [-0.1, -0.05) is 29.8 Å². The van der Waals surface area contributed by atoms with E-state index in [0.29, 0.717) is 27.5 Å². The van der Waals surface area contributed by atoms with Gasteiger partial charge in [0, 0.05) is 10.6 Å². The second kappa shape index (κ2) is 6.33. The summed E-state index contributed by atoms with van der Waals surface area (Å²) in [5, 5.41) is 9.14. The molecule has 0 fully saturated rings. The summed E-state index contributed by atoms with van der Waals surface area (Å²) in [5.41, 5.74) is 0.841. The van der Waals surface area contributed by atoms with Gasteiger partial charge in [0.2, 0.25) is 0 Å². The first kappa shape index (κ1) is 16.2. The van der Waals surface area contributed by atoms with Gasteiger partial charge in [0.1, 0.15) is 12.4 Å². The molecule has 0 bridgehead atoms. The van der Waals surface area contributed by atoms with Crippen molar-refractivity contribution < 1.29 is 17.7 Å². The Morgan fingerprint density at radius 1 is 1.18 bits per heavy atom. The van der Waals surface area contributed by atoms with Crippen molar-refractivity contribution in [3.63, 3.8) is 0 Å². The van der Waals surface area contributed by atoms with Gasteiger partial charge < -0.3 is 17.7 Å². The molecule has 0 unspecified atom stereocenters. The van der Waals surface area contributed by atoms with Gasteiger partial charge in [-0.05, 0) is 30.7 Å². The van der Waals surface area contributed by atoms with Crippen LogP contribution in [-0.2, 0) is 6.61 Å². The van der Waals surface area contributed by atoms with E-state index in [2.05, 4.69) is 0 Å². The zero-order valence-corrected chi connectivity index (χ0v) is 12.4. The Balaban J connectivity index is 2.14. The Morgan fingerprint density at radius 3 is 2.45 bits per heavy atom. The lowest BCUT2D eigenvalue weighted by Crippen LogP contribution is -2.34. The third-order valence-electron chi connectivity index (χ3n) is 3.14. The van der Waals surface area contributed by atoms with Crippen molar-refractivity contribution in [1.29, 1.82) is 5.26 Å². The zero-order valence-electron chi connectivity index (χ0n) is 11.6. The van der Waals surface area contributed by atoms with E-state index in [0.717, 1.165) is 12.1 Å². The molecule has 2 aromatic carbocycles. The average Bonchev–Trinajstić information content (AvgIpc) is 2.46. The van der Waals surface area contributed by atoms with Crippen molar-refractivity contribution in [1.82, 2.24) is 0 Å². The third kappa shape index (κ3) is 3.74. The zero-order chi connectivity index (χ0) is 16.3. The molecule has 0 N–H and O–H groups in total. The molecule has 0 amide bonds. The summed E-state index contributed by atoms with van der Waals surface area (Å²) in [6.45, 7) is -3.35. The van der Waals surface area contributed by atoms with E-state index in [9.17, 15) is 12.9 Å². The smallest absolute Gasteiger partial charge is 0.489 e. The fourth-order valence-electron chi connectivity index (χ4n) is 1.93. The highest BCUT2D eigenvalue weighted by Gasteiger charge is 2.25. The molecule has 0 aliphatic rings. The standard InChI is InChI=1S/C15H11BClF3NO/c1-10-6-13(16(18,19)20)4-5-15(10)22-9-12-3-2-11(8-21)7-14(12)17/h2-7H,9H2,1H3/q-1. The van der Waals surface area contributed by atoms with Crippen LogP contribution in [0.5, 0.6) is 5.75 Å². The molecule has 2 rings (SSSR count). The van der Waals surface area contributed by atoms with Crippen LogP contribution in [0, 0.1) is 18.3 Å². The van der Waals surface area contributed by atoms with Crippen molar-refractivity contribution in [2.75, 3.05) is 0 Å². The van der Waals surface area contributed by atoms with Gasteiger partial charge in [-0.25, -0.2) is 0 Å². The Labute approximate surface area is 131 Å². The van der Waals surface area contributed by atoms with Crippen molar-refractivity contribution in [2.45, 2.75) is 13.5 Å². The molecule has 2 nitrogen and oxygen atoms in total. The topological polar surface area (TPSA) is 33.0 Å². The Hall–Kier alpha value is -2.13. The first-order valence-corrected chi connectivity index (χ1v) is 6.81. The number of nitriles is 1. The van der Waals surface area contributed by atoms with Gasteiger partial charge >= 0.3 is 6.98 Å². The number of hydrogen-bond acceptors (Lipinski definition) is 2. The van der Waals surface area contributed by atoms with Gasteiger partial charge in [0.15, 0.2) is 0 Å². The molecule has 2 aromatic rings. The summed E-state index contributed by atoms with van der Waals surface area (Å²) in [6, 6.07) is 10.1. The second-order valence-corrected chi connectivity index (χ2v) is 5.21. The maximum Gasteiger partial charge on any atom is 0.509 e. The predicted molar refractivity (Wildman–Crippen MR) is 80.4 cm³/mol. The minimum Gasteiger partial charge on any atom is -0.489 e. The summed E-state index contributed by atoms with van der Waals surface area (Å²) in [6.07, 6.45) is 0. The highest BCUT2D eigenvalue weighted by atomic mass is 35.5. The first-order chi connectivity index (χ1) is 10.3. The molecular formula is C15H11BClF3NO-. The van der Waals surface area contributed by atoms with E-state index in [1.165, 1.54) is 12.1 Å². The normalized spacial score (nSPS) is 11.1. The lowest BCUT2D eigenvalue weighted by atomic mass is 9.79. The minimum absolute atomic E-state index is 0.113. The molecule has 22 heavy (non-hydrogen) atoms. The highest BCUT2D eigenvalue weighted by molar-refractivity contribution is 6.73. The highest BCUT2D eigenvalue weighted by Crippen LogP contribution is 2.23. The van der Waals surface area contributed by atoms with Crippen LogP contribution in [0.2, 0.25) is 5.02 Å². The number of benzene rings is 2. The summed E-state index contributed by atoms with van der Waals surface area (Å²) in [7, 11) is 0. The number of ether oxygens (including phenoxy) is 1. The maximum atomic E-state index is 12.7. The fourth-order valence-corrected chi connectivity index (χ4v) is 2.16. The molecule has 0 spiro atoms. The summed E-state index contributed by atoms with van der Waals surface area (Å²) in [4.78, 5) is 0. The summed E-state index contributed by atoms with van der Waals surface area (Å²) >= 11 is 6.02. The molecule has 114 valence electrons. The van der Waals surface area contributed by atoms with E-state index in [-0.39, 0.29) is 6.61 Å². The molecule has 0 aliphatic carbocycles. The summed E-state index contributed by atoms with van der Waals surface area (Å²) < 4.78 is 43.5. The lowest BCUT2D eigenvalue weighted by molar-refractivity contribution is 0.304. The van der Waals surface area contributed by atoms with E-state index in [1.807, 2.05) is 6.07 Å². The molecule has 0 saturated carbocycles. The first-order valence-electron chi connectivity index (χ1n) is 6.43. The van der Waals surface area contributed by atoms with Crippen molar-refractivity contribution in [2.24, 2.45) is 0 Å². The van der Waals surface area contributed by atoms with E-state index < -0.39 is 12.4 Å². The predicted octanol–water partition coefficient (Wildman–Crippen LogP) is 4.15. The van der Waals surface area contributed by atoms with Crippen LogP contribution in [0.15, 0.2) is 36.4 Å². The van der Waals surface area contributed by atoms with Crippen LogP contribution in [-0.4, -0.2) is 6.98 Å². The van der Waals surface area contributed by atoms with Gasteiger partial charge in [0.25, 0.3) is 0 Å². The van der Waals surface area contributed by atoms with Gasteiger partial charge in [0.05, 0.1) is 11.6 Å². The van der Waals surface area contributed by atoms with E-state index >= 15 is 0 Å². The monoisotopic (exact) mass is 324 g/mol. The van der Waals surface area contributed by atoms with E-state index in [1.54, 1.807) is 19.1 Å². The second-order valence-electron chi connectivity index (χ2n) is 4.81. The lowest BCUT2D eigenvalue weighted by Gasteiger charge is -2.17. The molecule has 0 aromatic heterocycles. The molecule has 0 saturated heterocycles. The number of aryl methyl sites for hydroxylation is 1. The fraction of sp³-hybridized carbons (Fsp3) is 0.133. The van der Waals surface area contributed by atoms with Crippen LogP contribution < -0.4 is 10.2 Å². The molecule has 0 aliphatic heterocycles. The van der Waals surface area contributed by atoms with Gasteiger partial charge in [-0.15, -0.1) is 5.46 Å². The molecular weight excluding hydrogens is 313 g/mol. The van der Waals surface area contributed by atoms with Crippen LogP contribution in [0.1, 0.15) is 16.7 Å². The third-order valence-corrected chi connectivity index (χ3v) is 3.49. The molecule has 0 heterocycles. The van der Waals surface area contributed by atoms with Crippen LogP contribution in [0.25, 0.3) is 0 Å². The summed E-state index contributed by atoms with van der Waals surface area (Å²) in [5.74, 6) is 0.365. The van der Waals surface area contributed by atoms with Crippen molar-refractivity contribution in [3.05, 3.63) is 58.1 Å².